The van der Waals surface area contributed by atoms with Gasteiger partial charge in [-0.05, 0) is 12.1 Å². The van der Waals surface area contributed by atoms with Crippen molar-refractivity contribution in [3.8, 4) is 11.6 Å². The van der Waals surface area contributed by atoms with E-state index >= 15 is 0 Å². The molecule has 0 bridgehead atoms. The number of hydrogen-bond donors (Lipinski definition) is 1. The van der Waals surface area contributed by atoms with Gasteiger partial charge in [-0.3, -0.25) is 0 Å². The van der Waals surface area contributed by atoms with Crippen LogP contribution < -0.4 is 0 Å². The van der Waals surface area contributed by atoms with Gasteiger partial charge in [0, 0.05) is 24.3 Å². The van der Waals surface area contributed by atoms with Crippen molar-refractivity contribution in [1.82, 2.24) is 9.55 Å². The summed E-state index contributed by atoms with van der Waals surface area (Å²) >= 11 is 0. The van der Waals surface area contributed by atoms with Crippen molar-refractivity contribution in [2.24, 2.45) is 0 Å². The third-order valence-corrected chi connectivity index (χ3v) is 2.70. The van der Waals surface area contributed by atoms with E-state index in [2.05, 4.69) is 4.98 Å². The molecule has 2 aromatic heterocycles. The minimum Gasteiger partial charge on any atom is -0.453 e. The van der Waals surface area contributed by atoms with Gasteiger partial charge in [0.15, 0.2) is 11.6 Å². The summed E-state index contributed by atoms with van der Waals surface area (Å²) in [4.78, 5) is 4.26. The summed E-state index contributed by atoms with van der Waals surface area (Å²) in [5.41, 5.74) is 0.848. The van der Waals surface area contributed by atoms with Gasteiger partial charge in [-0.2, -0.15) is 0 Å². The molecule has 0 fully saturated rings. The molecule has 17 heavy (non-hydrogen) atoms. The zero-order valence-corrected chi connectivity index (χ0v) is 9.21. The van der Waals surface area contributed by atoms with E-state index in [1.165, 1.54) is 0 Å². The monoisotopic (exact) mass is 228 g/mol. The van der Waals surface area contributed by atoms with Crippen LogP contribution >= 0.6 is 0 Å². The topological polar surface area (TPSA) is 51.2 Å². The molecule has 0 radical (unpaired) electrons. The van der Waals surface area contributed by atoms with Gasteiger partial charge in [0.25, 0.3) is 0 Å². The number of para-hydroxylation sites is 1. The molecule has 4 nitrogen and oxygen atoms in total. The van der Waals surface area contributed by atoms with Gasteiger partial charge < -0.3 is 14.1 Å². The predicted octanol–water partition coefficient (Wildman–Crippen LogP) is 2.29. The first kappa shape index (κ1) is 10.1. The highest BCUT2D eigenvalue weighted by molar-refractivity contribution is 5.81. The lowest BCUT2D eigenvalue weighted by atomic mass is 10.2. The first-order valence-corrected chi connectivity index (χ1v) is 5.49. The van der Waals surface area contributed by atoms with E-state index in [-0.39, 0.29) is 6.61 Å². The second-order valence-electron chi connectivity index (χ2n) is 3.82. The summed E-state index contributed by atoms with van der Waals surface area (Å²) in [5, 5.41) is 10.0. The maximum absolute atomic E-state index is 8.97. The number of aromatic nitrogens is 2. The van der Waals surface area contributed by atoms with Crippen molar-refractivity contribution in [1.29, 1.82) is 0 Å². The SMILES string of the molecule is OCCn1ccnc1-c1cc2ccccc2o1. The molecular formula is C13H12N2O2. The molecule has 4 heteroatoms. The maximum atomic E-state index is 8.97. The first-order chi connectivity index (χ1) is 8.38. The van der Waals surface area contributed by atoms with Gasteiger partial charge in [0.05, 0.1) is 6.61 Å². The molecule has 1 aromatic carbocycles. The fourth-order valence-electron chi connectivity index (χ4n) is 1.91. The zero-order chi connectivity index (χ0) is 11.7. The molecular weight excluding hydrogens is 216 g/mol. The van der Waals surface area contributed by atoms with Crippen molar-refractivity contribution < 1.29 is 9.52 Å². The van der Waals surface area contributed by atoms with E-state index in [0.29, 0.717) is 6.54 Å². The molecule has 0 aliphatic rings. The van der Waals surface area contributed by atoms with E-state index in [0.717, 1.165) is 22.6 Å². The van der Waals surface area contributed by atoms with Crippen LogP contribution in [0.2, 0.25) is 0 Å². The number of benzene rings is 1. The summed E-state index contributed by atoms with van der Waals surface area (Å²) in [5.74, 6) is 1.47. The Morgan fingerprint density at radius 2 is 2.18 bits per heavy atom. The zero-order valence-electron chi connectivity index (χ0n) is 9.21. The average Bonchev–Trinajstić information content (AvgIpc) is 2.94. The Balaban J connectivity index is 2.10. The Hall–Kier alpha value is -2.07. The molecule has 0 unspecified atom stereocenters. The Morgan fingerprint density at radius 1 is 1.29 bits per heavy atom. The van der Waals surface area contributed by atoms with Crippen LogP contribution in [-0.2, 0) is 6.54 Å². The van der Waals surface area contributed by atoms with Crippen molar-refractivity contribution in [2.45, 2.75) is 6.54 Å². The fourth-order valence-corrected chi connectivity index (χ4v) is 1.91. The minimum absolute atomic E-state index is 0.0869. The number of nitrogens with zero attached hydrogens (tertiary/aromatic N) is 2. The van der Waals surface area contributed by atoms with E-state index in [9.17, 15) is 0 Å². The number of aliphatic hydroxyl groups excluding tert-OH is 1. The average molecular weight is 228 g/mol. The molecule has 0 aliphatic carbocycles. The minimum atomic E-state index is 0.0869. The Kier molecular flexibility index (Phi) is 2.42. The van der Waals surface area contributed by atoms with Crippen LogP contribution in [0.15, 0.2) is 47.1 Å². The fraction of sp³-hybridized carbons (Fsp3) is 0.154. The molecule has 0 saturated heterocycles. The largest absolute Gasteiger partial charge is 0.453 e. The lowest BCUT2D eigenvalue weighted by Gasteiger charge is -2.02. The van der Waals surface area contributed by atoms with E-state index in [1.807, 2.05) is 41.1 Å². The van der Waals surface area contributed by atoms with Crippen LogP contribution in [0.25, 0.3) is 22.6 Å². The highest BCUT2D eigenvalue weighted by atomic mass is 16.3. The van der Waals surface area contributed by atoms with Gasteiger partial charge in [-0.25, -0.2) is 4.98 Å². The number of imidazole rings is 1. The van der Waals surface area contributed by atoms with Gasteiger partial charge in [-0.15, -0.1) is 0 Å². The van der Waals surface area contributed by atoms with Crippen molar-refractivity contribution >= 4 is 11.0 Å². The summed E-state index contributed by atoms with van der Waals surface area (Å²) in [6.45, 7) is 0.607. The number of aliphatic hydroxyl groups is 1. The van der Waals surface area contributed by atoms with Crippen LogP contribution in [0.4, 0.5) is 0 Å². The molecule has 0 aliphatic heterocycles. The Morgan fingerprint density at radius 3 is 3.00 bits per heavy atom. The van der Waals surface area contributed by atoms with Crippen LogP contribution in [0.3, 0.4) is 0 Å². The van der Waals surface area contributed by atoms with Crippen LogP contribution in [0, 0.1) is 0 Å². The smallest absolute Gasteiger partial charge is 0.176 e. The Bertz CT molecular complexity index is 606. The highest BCUT2D eigenvalue weighted by Crippen LogP contribution is 2.26. The van der Waals surface area contributed by atoms with E-state index in [1.54, 1.807) is 6.20 Å². The molecule has 0 saturated carbocycles. The standard InChI is InChI=1S/C13H12N2O2/c16-8-7-15-6-5-14-13(15)12-9-10-3-1-2-4-11(10)17-12/h1-6,9,16H,7-8H2. The molecule has 2 heterocycles. The summed E-state index contributed by atoms with van der Waals surface area (Å²) in [6, 6.07) is 9.81. The highest BCUT2D eigenvalue weighted by Gasteiger charge is 2.10. The lowest BCUT2D eigenvalue weighted by molar-refractivity contribution is 0.276. The molecule has 0 amide bonds. The van der Waals surface area contributed by atoms with Gasteiger partial charge in [0.2, 0.25) is 0 Å². The van der Waals surface area contributed by atoms with Crippen molar-refractivity contribution in [2.75, 3.05) is 6.61 Å². The van der Waals surface area contributed by atoms with E-state index < -0.39 is 0 Å². The van der Waals surface area contributed by atoms with E-state index in [4.69, 9.17) is 9.52 Å². The van der Waals surface area contributed by atoms with Gasteiger partial charge in [0.1, 0.15) is 5.58 Å². The van der Waals surface area contributed by atoms with Crippen LogP contribution in [0.1, 0.15) is 0 Å². The number of fused-ring (bicyclic) bond motifs is 1. The lowest BCUT2D eigenvalue weighted by Crippen LogP contribution is -2.02. The number of rotatable bonds is 3. The van der Waals surface area contributed by atoms with Gasteiger partial charge in [-0.1, -0.05) is 18.2 Å². The second kappa shape index (κ2) is 4.07. The number of furan rings is 1. The molecule has 1 N–H and O–H groups in total. The molecule has 3 rings (SSSR count). The normalized spacial score (nSPS) is 11.1. The second-order valence-corrected chi connectivity index (χ2v) is 3.82. The third-order valence-electron chi connectivity index (χ3n) is 2.70. The third kappa shape index (κ3) is 1.72. The molecule has 86 valence electrons. The first-order valence-electron chi connectivity index (χ1n) is 5.49. The van der Waals surface area contributed by atoms with Crippen LogP contribution in [-0.4, -0.2) is 21.3 Å². The Labute approximate surface area is 98.1 Å². The summed E-state index contributed by atoms with van der Waals surface area (Å²) in [7, 11) is 0. The molecule has 0 atom stereocenters. The molecule has 0 spiro atoms. The summed E-state index contributed by atoms with van der Waals surface area (Å²) < 4.78 is 7.61. The van der Waals surface area contributed by atoms with Crippen molar-refractivity contribution in [3.63, 3.8) is 0 Å². The summed E-state index contributed by atoms with van der Waals surface area (Å²) in [6.07, 6.45) is 3.54. The van der Waals surface area contributed by atoms with Crippen LogP contribution in [0.5, 0.6) is 0 Å². The quantitative estimate of drug-likeness (QED) is 0.748. The maximum Gasteiger partial charge on any atom is 0.176 e. The van der Waals surface area contributed by atoms with Gasteiger partial charge >= 0.3 is 0 Å². The van der Waals surface area contributed by atoms with Crippen molar-refractivity contribution in [3.05, 3.63) is 42.7 Å². The molecule has 3 aromatic rings. The number of hydrogen-bond acceptors (Lipinski definition) is 3. The predicted molar refractivity (Wildman–Crippen MR) is 64.5 cm³/mol.